The van der Waals surface area contributed by atoms with E-state index in [9.17, 15) is 9.50 Å². The molecule has 0 aromatic heterocycles. The smallest absolute Gasteiger partial charge is 0.137 e. The Labute approximate surface area is 93.6 Å². The molecule has 0 heterocycles. The van der Waals surface area contributed by atoms with Gasteiger partial charge in [0.25, 0.3) is 0 Å². The zero-order valence-corrected chi connectivity index (χ0v) is 9.44. The number of hydrogen-bond donors (Lipinski definition) is 1. The standard InChI is InChI=1S/C8H6BrCl2FO/c9-6-2-1-4(12)3-5(6)7(13)8(10)11/h1-3,7-8,13H. The summed E-state index contributed by atoms with van der Waals surface area (Å²) in [5.41, 5.74) is 0.343. The normalized spacial score (nSPS) is 13.4. The predicted molar refractivity (Wildman–Crippen MR) is 54.6 cm³/mol. The van der Waals surface area contributed by atoms with Gasteiger partial charge in [-0.1, -0.05) is 15.9 Å². The Morgan fingerprint density at radius 1 is 1.38 bits per heavy atom. The molecule has 0 saturated carbocycles. The molecule has 0 aliphatic carbocycles. The van der Waals surface area contributed by atoms with Crippen molar-refractivity contribution in [3.05, 3.63) is 34.1 Å². The molecule has 5 heteroatoms. The first-order valence-electron chi connectivity index (χ1n) is 3.43. The molecule has 0 fully saturated rings. The first-order valence-corrected chi connectivity index (χ1v) is 5.10. The van der Waals surface area contributed by atoms with Crippen molar-refractivity contribution in [1.82, 2.24) is 0 Å². The second-order valence-electron chi connectivity index (χ2n) is 2.45. The van der Waals surface area contributed by atoms with Gasteiger partial charge in [0.2, 0.25) is 0 Å². The van der Waals surface area contributed by atoms with Gasteiger partial charge < -0.3 is 5.11 Å². The lowest BCUT2D eigenvalue weighted by atomic mass is 10.1. The van der Waals surface area contributed by atoms with Crippen molar-refractivity contribution < 1.29 is 9.50 Å². The van der Waals surface area contributed by atoms with Gasteiger partial charge in [-0.05, 0) is 18.2 Å². The summed E-state index contributed by atoms with van der Waals surface area (Å²) in [7, 11) is 0. The number of hydrogen-bond acceptors (Lipinski definition) is 1. The van der Waals surface area contributed by atoms with E-state index in [4.69, 9.17) is 23.2 Å². The van der Waals surface area contributed by atoms with Crippen LogP contribution in [0.2, 0.25) is 0 Å². The van der Waals surface area contributed by atoms with Gasteiger partial charge in [-0.25, -0.2) is 4.39 Å². The lowest BCUT2D eigenvalue weighted by molar-refractivity contribution is 0.191. The molecule has 0 saturated heterocycles. The zero-order chi connectivity index (χ0) is 10.0. The highest BCUT2D eigenvalue weighted by molar-refractivity contribution is 9.10. The monoisotopic (exact) mass is 286 g/mol. The van der Waals surface area contributed by atoms with Gasteiger partial charge in [0, 0.05) is 10.0 Å². The van der Waals surface area contributed by atoms with Gasteiger partial charge in [0.05, 0.1) is 0 Å². The van der Waals surface area contributed by atoms with Crippen LogP contribution in [-0.2, 0) is 0 Å². The Morgan fingerprint density at radius 3 is 2.54 bits per heavy atom. The molecule has 0 aliphatic rings. The molecule has 72 valence electrons. The van der Waals surface area contributed by atoms with E-state index in [2.05, 4.69) is 15.9 Å². The van der Waals surface area contributed by atoms with Crippen LogP contribution in [0.1, 0.15) is 11.7 Å². The number of aliphatic hydroxyl groups excluding tert-OH is 1. The SMILES string of the molecule is OC(c1cc(F)ccc1Br)C(Cl)Cl. The maximum atomic E-state index is 12.8. The predicted octanol–water partition coefficient (Wildman–Crippen LogP) is 3.43. The van der Waals surface area contributed by atoms with E-state index in [1.165, 1.54) is 18.2 Å². The number of aliphatic hydroxyl groups is 1. The molecular weight excluding hydrogens is 282 g/mol. The van der Waals surface area contributed by atoms with E-state index in [1.54, 1.807) is 0 Å². The van der Waals surface area contributed by atoms with Crippen molar-refractivity contribution >= 4 is 39.1 Å². The van der Waals surface area contributed by atoms with Crippen molar-refractivity contribution in [3.63, 3.8) is 0 Å². The van der Waals surface area contributed by atoms with Crippen LogP contribution < -0.4 is 0 Å². The van der Waals surface area contributed by atoms with Gasteiger partial charge in [0.1, 0.15) is 16.8 Å². The van der Waals surface area contributed by atoms with E-state index < -0.39 is 16.8 Å². The number of alkyl halides is 2. The molecule has 13 heavy (non-hydrogen) atoms. The summed E-state index contributed by atoms with van der Waals surface area (Å²) in [5, 5.41) is 9.44. The van der Waals surface area contributed by atoms with Crippen molar-refractivity contribution in [2.75, 3.05) is 0 Å². The van der Waals surface area contributed by atoms with Crippen LogP contribution in [0.15, 0.2) is 22.7 Å². The third-order valence-corrected chi connectivity index (χ3v) is 2.71. The summed E-state index contributed by atoms with van der Waals surface area (Å²) in [6, 6.07) is 3.95. The Kier molecular flexibility index (Phi) is 3.98. The fraction of sp³-hybridized carbons (Fsp3) is 0.250. The summed E-state index contributed by atoms with van der Waals surface area (Å²) in [4.78, 5) is -0.974. The van der Waals surface area contributed by atoms with Gasteiger partial charge in [-0.2, -0.15) is 0 Å². The second kappa shape index (κ2) is 4.60. The fourth-order valence-corrected chi connectivity index (χ4v) is 1.63. The Balaban J connectivity index is 3.05. The second-order valence-corrected chi connectivity index (χ2v) is 4.46. The van der Waals surface area contributed by atoms with Gasteiger partial charge in [-0.3, -0.25) is 0 Å². The van der Waals surface area contributed by atoms with E-state index in [-0.39, 0.29) is 0 Å². The average Bonchev–Trinajstić information content (AvgIpc) is 2.08. The first-order chi connectivity index (χ1) is 6.02. The third kappa shape index (κ3) is 2.81. The van der Waals surface area contributed by atoms with Crippen LogP contribution in [0.25, 0.3) is 0 Å². The Hall–Kier alpha value is 0.170. The lowest BCUT2D eigenvalue weighted by Gasteiger charge is -2.13. The van der Waals surface area contributed by atoms with Crippen LogP contribution in [0.5, 0.6) is 0 Å². The maximum absolute atomic E-state index is 12.8. The molecule has 0 bridgehead atoms. The van der Waals surface area contributed by atoms with E-state index in [1.807, 2.05) is 0 Å². The minimum absolute atomic E-state index is 0.343. The molecule has 1 rings (SSSR count). The quantitative estimate of drug-likeness (QED) is 0.827. The topological polar surface area (TPSA) is 20.2 Å². The summed E-state index contributed by atoms with van der Waals surface area (Å²) in [6.07, 6.45) is -1.09. The largest absolute Gasteiger partial charge is 0.386 e. The molecule has 1 nitrogen and oxygen atoms in total. The molecule has 1 atom stereocenters. The van der Waals surface area contributed by atoms with Crippen LogP contribution >= 0.6 is 39.1 Å². The third-order valence-electron chi connectivity index (χ3n) is 1.52. The van der Waals surface area contributed by atoms with Crippen LogP contribution in [-0.4, -0.2) is 9.94 Å². The molecular formula is C8H6BrCl2FO. The minimum Gasteiger partial charge on any atom is -0.386 e. The molecule has 0 aliphatic heterocycles. The minimum atomic E-state index is -1.09. The molecule has 1 aromatic carbocycles. The highest BCUT2D eigenvalue weighted by atomic mass is 79.9. The molecule has 1 N–H and O–H groups in total. The average molecular weight is 288 g/mol. The molecule has 0 radical (unpaired) electrons. The summed E-state index contributed by atoms with van der Waals surface area (Å²) >= 11 is 14.1. The highest BCUT2D eigenvalue weighted by Gasteiger charge is 2.18. The Morgan fingerprint density at radius 2 is 2.00 bits per heavy atom. The Bertz CT molecular complexity index is 306. The van der Waals surface area contributed by atoms with Gasteiger partial charge >= 0.3 is 0 Å². The van der Waals surface area contributed by atoms with Crippen molar-refractivity contribution in [2.45, 2.75) is 10.9 Å². The molecule has 1 unspecified atom stereocenters. The van der Waals surface area contributed by atoms with Crippen molar-refractivity contribution in [3.8, 4) is 0 Å². The first kappa shape index (κ1) is 11.2. The van der Waals surface area contributed by atoms with Crippen LogP contribution in [0.4, 0.5) is 4.39 Å². The molecule has 0 amide bonds. The molecule has 1 aromatic rings. The summed E-state index contributed by atoms with van der Waals surface area (Å²) in [6.45, 7) is 0. The van der Waals surface area contributed by atoms with E-state index >= 15 is 0 Å². The number of rotatable bonds is 2. The number of halogens is 4. The lowest BCUT2D eigenvalue weighted by Crippen LogP contribution is -2.07. The van der Waals surface area contributed by atoms with Gasteiger partial charge in [0.15, 0.2) is 0 Å². The van der Waals surface area contributed by atoms with Crippen LogP contribution in [0, 0.1) is 5.82 Å². The maximum Gasteiger partial charge on any atom is 0.137 e. The number of benzene rings is 1. The zero-order valence-electron chi connectivity index (χ0n) is 6.35. The summed E-state index contributed by atoms with van der Waals surface area (Å²) < 4.78 is 13.3. The van der Waals surface area contributed by atoms with E-state index in [0.717, 1.165) is 0 Å². The fourth-order valence-electron chi connectivity index (χ4n) is 0.877. The van der Waals surface area contributed by atoms with Crippen molar-refractivity contribution in [2.24, 2.45) is 0 Å². The molecule has 0 spiro atoms. The van der Waals surface area contributed by atoms with Crippen LogP contribution in [0.3, 0.4) is 0 Å². The highest BCUT2D eigenvalue weighted by Crippen LogP contribution is 2.30. The summed E-state index contributed by atoms with van der Waals surface area (Å²) in [5.74, 6) is -0.439. The van der Waals surface area contributed by atoms with E-state index in [0.29, 0.717) is 10.0 Å². The van der Waals surface area contributed by atoms with Crippen molar-refractivity contribution in [1.29, 1.82) is 0 Å². The van der Waals surface area contributed by atoms with Gasteiger partial charge in [-0.15, -0.1) is 23.2 Å².